The van der Waals surface area contributed by atoms with Crippen LogP contribution < -0.4 is 40.0 Å². The van der Waals surface area contributed by atoms with Crippen LogP contribution in [0.5, 0.6) is 0 Å². The topological polar surface area (TPSA) is 142 Å². The Labute approximate surface area is 235 Å². The second-order valence-electron chi connectivity index (χ2n) is 7.41. The van der Waals surface area contributed by atoms with Crippen LogP contribution in [0.1, 0.15) is 23.6 Å². The number of hydrogen-bond donors (Lipinski definition) is 1. The Kier molecular flexibility index (Phi) is 9.40. The van der Waals surface area contributed by atoms with E-state index in [2.05, 4.69) is 15.5 Å². The SMILES string of the molecule is CC(=O)OC(C(=O)NC1C(=O)N2C(C(=O)[O-])=C(CSc3nnc(C)s3)CS[C@H]12)c1ccccc1.[Na+]. The molecule has 0 saturated carbocycles. The molecular weight excluding hydrogens is 523 g/mol. The Morgan fingerprint density at radius 3 is 2.60 bits per heavy atom. The molecule has 14 heteroatoms. The van der Waals surface area contributed by atoms with E-state index in [1.807, 2.05) is 6.92 Å². The number of thioether (sulfide) groups is 2. The van der Waals surface area contributed by atoms with Crippen LogP contribution >= 0.6 is 34.9 Å². The second kappa shape index (κ2) is 11.9. The fourth-order valence-corrected chi connectivity index (χ4v) is 6.86. The zero-order chi connectivity index (χ0) is 24.4. The van der Waals surface area contributed by atoms with Gasteiger partial charge in [0.05, 0.1) is 11.7 Å². The number of carbonyl (C=O) groups is 4. The van der Waals surface area contributed by atoms with Gasteiger partial charge < -0.3 is 20.0 Å². The smallest absolute Gasteiger partial charge is 0.543 e. The summed E-state index contributed by atoms with van der Waals surface area (Å²) in [4.78, 5) is 50.4. The standard InChI is InChI=1S/C21H20N4O6S3.Na/c1-10-23-24-21(34-10)33-9-13-8-32-19-14(18(28)25(19)15(13)20(29)30)22-17(27)16(31-11(2)26)12-6-4-3-5-7-12;/h3-7,14,16,19H,8-9H2,1-2H3,(H,22,27)(H,29,30);/q;+1/p-1/t14?,16?,19-;/m1./s1. The molecule has 0 bridgehead atoms. The number of aryl methyl sites for hydroxylation is 1. The molecule has 2 amide bonds. The Morgan fingerprint density at radius 1 is 1.29 bits per heavy atom. The second-order valence-corrected chi connectivity index (χ2v) is 10.9. The molecule has 2 aromatic rings. The van der Waals surface area contributed by atoms with E-state index in [4.69, 9.17) is 4.74 Å². The van der Waals surface area contributed by atoms with Crippen molar-refractivity contribution in [2.24, 2.45) is 0 Å². The van der Waals surface area contributed by atoms with Gasteiger partial charge in [0, 0.05) is 24.0 Å². The number of β-lactam (4-membered cyclic amide) rings is 1. The summed E-state index contributed by atoms with van der Waals surface area (Å²) in [7, 11) is 0. The van der Waals surface area contributed by atoms with Crippen molar-refractivity contribution in [3.8, 4) is 0 Å². The van der Waals surface area contributed by atoms with E-state index in [1.165, 1.54) is 41.8 Å². The van der Waals surface area contributed by atoms with Crippen LogP contribution in [0.25, 0.3) is 0 Å². The van der Waals surface area contributed by atoms with E-state index < -0.39 is 41.3 Å². The Bertz CT molecular complexity index is 1170. The zero-order valence-electron chi connectivity index (χ0n) is 19.0. The van der Waals surface area contributed by atoms with Crippen molar-refractivity contribution in [2.75, 3.05) is 11.5 Å². The summed E-state index contributed by atoms with van der Waals surface area (Å²) < 4.78 is 5.88. The summed E-state index contributed by atoms with van der Waals surface area (Å²) in [6, 6.07) is 7.48. The molecule has 0 spiro atoms. The first-order valence-corrected chi connectivity index (χ1v) is 12.9. The molecule has 4 rings (SSSR count). The number of carboxylic acids is 1. The van der Waals surface area contributed by atoms with Gasteiger partial charge in [0.1, 0.15) is 16.4 Å². The Morgan fingerprint density at radius 2 is 2.00 bits per heavy atom. The molecule has 3 heterocycles. The minimum atomic E-state index is -1.45. The van der Waals surface area contributed by atoms with Gasteiger partial charge in [0.25, 0.3) is 11.8 Å². The molecule has 3 atom stereocenters. The van der Waals surface area contributed by atoms with Crippen molar-refractivity contribution >= 4 is 58.6 Å². The zero-order valence-corrected chi connectivity index (χ0v) is 23.5. The quantitative estimate of drug-likeness (QED) is 0.167. The number of hydrogen-bond acceptors (Lipinski definition) is 11. The fraction of sp³-hybridized carbons (Fsp3) is 0.333. The largest absolute Gasteiger partial charge is 1.00 e. The number of carbonyl (C=O) groups excluding carboxylic acids is 4. The van der Waals surface area contributed by atoms with Crippen molar-refractivity contribution in [3.63, 3.8) is 0 Å². The maximum atomic E-state index is 12.9. The Balaban J connectivity index is 0.00000342. The minimum absolute atomic E-state index is 0. The van der Waals surface area contributed by atoms with Crippen molar-refractivity contribution in [1.82, 2.24) is 20.4 Å². The summed E-state index contributed by atoms with van der Waals surface area (Å²) in [5.74, 6) is -2.65. The van der Waals surface area contributed by atoms with Crippen LogP contribution in [0, 0.1) is 6.92 Å². The maximum absolute atomic E-state index is 12.9. The summed E-state index contributed by atoms with van der Waals surface area (Å²) >= 11 is 4.09. The third kappa shape index (κ3) is 6.09. The van der Waals surface area contributed by atoms with Crippen LogP contribution in [0.3, 0.4) is 0 Å². The van der Waals surface area contributed by atoms with Crippen LogP contribution in [0.2, 0.25) is 0 Å². The van der Waals surface area contributed by atoms with Crippen molar-refractivity contribution in [3.05, 3.63) is 52.2 Å². The van der Waals surface area contributed by atoms with Crippen LogP contribution in [-0.4, -0.2) is 61.8 Å². The van der Waals surface area contributed by atoms with E-state index in [1.54, 1.807) is 30.3 Å². The number of amides is 2. The molecule has 10 nitrogen and oxygen atoms in total. The van der Waals surface area contributed by atoms with E-state index >= 15 is 0 Å². The molecule has 1 N–H and O–H groups in total. The summed E-state index contributed by atoms with van der Waals surface area (Å²) in [6.07, 6.45) is -1.23. The molecule has 2 aliphatic rings. The summed E-state index contributed by atoms with van der Waals surface area (Å²) in [6.45, 7) is 3.02. The van der Waals surface area contributed by atoms with Crippen LogP contribution in [0.15, 0.2) is 45.9 Å². The number of nitrogens with zero attached hydrogens (tertiary/aromatic N) is 3. The molecule has 0 radical (unpaired) electrons. The van der Waals surface area contributed by atoms with Gasteiger partial charge >= 0.3 is 35.5 Å². The predicted octanol–water partition coefficient (Wildman–Crippen LogP) is -2.35. The molecule has 1 fully saturated rings. The molecule has 35 heavy (non-hydrogen) atoms. The molecule has 1 aromatic heterocycles. The number of esters is 1. The van der Waals surface area contributed by atoms with E-state index in [9.17, 15) is 24.3 Å². The first kappa shape index (κ1) is 27.7. The number of rotatable bonds is 8. The summed E-state index contributed by atoms with van der Waals surface area (Å²) in [5, 5.41) is 22.7. The molecular formula is C21H19N4NaO6S3. The summed E-state index contributed by atoms with van der Waals surface area (Å²) in [5.41, 5.74) is 0.823. The predicted molar refractivity (Wildman–Crippen MR) is 123 cm³/mol. The number of aromatic nitrogens is 2. The van der Waals surface area contributed by atoms with Crippen LogP contribution in [0.4, 0.5) is 0 Å². The van der Waals surface area contributed by atoms with Crippen molar-refractivity contribution in [2.45, 2.75) is 35.7 Å². The number of ether oxygens (including phenoxy) is 1. The number of benzene rings is 1. The van der Waals surface area contributed by atoms with Gasteiger partial charge in [0.2, 0.25) is 6.10 Å². The normalized spacial score (nSPS) is 19.7. The van der Waals surface area contributed by atoms with E-state index in [-0.39, 0.29) is 35.3 Å². The van der Waals surface area contributed by atoms with Gasteiger partial charge in [0.15, 0.2) is 4.34 Å². The van der Waals surface area contributed by atoms with E-state index in [0.29, 0.717) is 27.0 Å². The van der Waals surface area contributed by atoms with Crippen molar-refractivity contribution in [1.29, 1.82) is 0 Å². The molecule has 178 valence electrons. The maximum Gasteiger partial charge on any atom is 1.00 e. The van der Waals surface area contributed by atoms with Gasteiger partial charge in [-0.3, -0.25) is 19.3 Å². The van der Waals surface area contributed by atoms with Gasteiger partial charge in [-0.05, 0) is 12.5 Å². The number of aliphatic carboxylic acids is 1. The fourth-order valence-electron chi connectivity index (χ4n) is 3.56. The van der Waals surface area contributed by atoms with Gasteiger partial charge in [-0.2, -0.15) is 0 Å². The number of fused-ring (bicyclic) bond motifs is 1. The average molecular weight is 543 g/mol. The first-order valence-electron chi connectivity index (χ1n) is 10.1. The van der Waals surface area contributed by atoms with E-state index in [0.717, 1.165) is 9.91 Å². The monoisotopic (exact) mass is 542 g/mol. The number of nitrogens with one attached hydrogen (secondary N) is 1. The average Bonchev–Trinajstić information content (AvgIpc) is 3.24. The molecule has 2 unspecified atom stereocenters. The molecule has 1 saturated heterocycles. The van der Waals surface area contributed by atoms with Crippen LogP contribution in [-0.2, 0) is 23.9 Å². The molecule has 1 aromatic carbocycles. The Hall–Kier alpha value is -1.90. The number of carboxylic acid groups (broad SMARTS) is 1. The molecule has 2 aliphatic heterocycles. The van der Waals surface area contributed by atoms with Crippen molar-refractivity contribution < 1.29 is 58.6 Å². The third-order valence-corrected chi connectivity index (χ3v) is 8.44. The van der Waals surface area contributed by atoms with Gasteiger partial charge in [-0.1, -0.05) is 53.4 Å². The van der Waals surface area contributed by atoms with Gasteiger partial charge in [-0.25, -0.2) is 0 Å². The molecule has 0 aliphatic carbocycles. The third-order valence-electron chi connectivity index (χ3n) is 5.04. The van der Waals surface area contributed by atoms with Gasteiger partial charge in [-0.15, -0.1) is 22.0 Å². The minimum Gasteiger partial charge on any atom is -0.543 e. The first-order chi connectivity index (χ1) is 16.3.